The minimum Gasteiger partial charge on any atom is -0.212 e. The van der Waals surface area contributed by atoms with Gasteiger partial charge in [0.1, 0.15) is 5.82 Å². The van der Waals surface area contributed by atoms with Crippen molar-refractivity contribution in [3.05, 3.63) is 47.4 Å². The summed E-state index contributed by atoms with van der Waals surface area (Å²) < 4.78 is 41.0. The highest BCUT2D eigenvalue weighted by Crippen LogP contribution is 2.59. The van der Waals surface area contributed by atoms with Gasteiger partial charge in [-0.05, 0) is 41.5 Å². The van der Waals surface area contributed by atoms with Gasteiger partial charge in [0, 0.05) is 25.1 Å². The molecule has 152 valence electrons. The van der Waals surface area contributed by atoms with Gasteiger partial charge in [0.05, 0.1) is 17.1 Å². The molecule has 0 radical (unpaired) electrons. The van der Waals surface area contributed by atoms with Gasteiger partial charge in [-0.1, -0.05) is 39.8 Å². The maximum absolute atomic E-state index is 14.3. The summed E-state index contributed by atoms with van der Waals surface area (Å²) in [5, 5.41) is 8.76. The lowest BCUT2D eigenvalue weighted by Crippen LogP contribution is -2.46. The summed E-state index contributed by atoms with van der Waals surface area (Å²) in [6.45, 7) is 8.24. The van der Waals surface area contributed by atoms with Crippen LogP contribution in [0.2, 0.25) is 0 Å². The molecule has 0 N–H and O–H groups in total. The van der Waals surface area contributed by atoms with Crippen molar-refractivity contribution >= 4 is 10.0 Å². The van der Waals surface area contributed by atoms with E-state index >= 15 is 0 Å². The van der Waals surface area contributed by atoms with Crippen molar-refractivity contribution in [2.75, 3.05) is 19.8 Å². The van der Waals surface area contributed by atoms with Crippen LogP contribution in [0.4, 0.5) is 4.39 Å². The normalized spacial score (nSPS) is 23.8. The lowest BCUT2D eigenvalue weighted by atomic mass is 9.65. The van der Waals surface area contributed by atoms with Crippen LogP contribution >= 0.6 is 0 Å². The van der Waals surface area contributed by atoms with Crippen LogP contribution in [-0.4, -0.2) is 42.8 Å². The molecule has 0 amide bonds. The number of sulfonamides is 1. The van der Waals surface area contributed by atoms with Gasteiger partial charge in [0.25, 0.3) is 0 Å². The molecule has 2 aromatic rings. The van der Waals surface area contributed by atoms with E-state index in [2.05, 4.69) is 31.0 Å². The number of rotatable bonds is 5. The Labute approximate surface area is 167 Å². The van der Waals surface area contributed by atoms with Gasteiger partial charge in [0.2, 0.25) is 10.0 Å². The van der Waals surface area contributed by atoms with Gasteiger partial charge in [-0.3, -0.25) is 0 Å². The van der Waals surface area contributed by atoms with E-state index in [0.29, 0.717) is 17.0 Å². The van der Waals surface area contributed by atoms with E-state index in [0.717, 1.165) is 12.0 Å². The summed E-state index contributed by atoms with van der Waals surface area (Å²) in [5.41, 5.74) is 1.50. The van der Waals surface area contributed by atoms with Gasteiger partial charge < -0.3 is 0 Å². The van der Waals surface area contributed by atoms with Crippen LogP contribution in [0.5, 0.6) is 0 Å². The third kappa shape index (κ3) is 3.05. The molecule has 7 heteroatoms. The molecule has 0 bridgehead atoms. The van der Waals surface area contributed by atoms with Crippen LogP contribution in [0, 0.1) is 11.2 Å². The van der Waals surface area contributed by atoms with Crippen molar-refractivity contribution in [1.29, 1.82) is 0 Å². The first-order valence-electron chi connectivity index (χ1n) is 9.49. The molecule has 1 aliphatic carbocycles. The number of benzene rings is 1. The van der Waals surface area contributed by atoms with Crippen molar-refractivity contribution < 1.29 is 12.8 Å². The van der Waals surface area contributed by atoms with Crippen LogP contribution in [0.3, 0.4) is 0 Å². The first-order valence-corrected chi connectivity index (χ1v) is 11.1. The zero-order valence-electron chi connectivity index (χ0n) is 17.3. The number of hydrogen-bond donors (Lipinski definition) is 0. The molecule has 0 aliphatic heterocycles. The van der Waals surface area contributed by atoms with Crippen LogP contribution in [-0.2, 0) is 15.4 Å². The summed E-state index contributed by atoms with van der Waals surface area (Å²) in [5.74, 6) is -0.289. The zero-order valence-corrected chi connectivity index (χ0v) is 18.1. The van der Waals surface area contributed by atoms with Gasteiger partial charge in [-0.25, -0.2) is 17.1 Å². The summed E-state index contributed by atoms with van der Waals surface area (Å²) in [7, 11) is -0.354. The first kappa shape index (κ1) is 20.9. The van der Waals surface area contributed by atoms with E-state index in [1.807, 2.05) is 13.0 Å². The first-order chi connectivity index (χ1) is 13.0. The van der Waals surface area contributed by atoms with Crippen LogP contribution < -0.4 is 0 Å². The zero-order chi connectivity index (χ0) is 20.9. The summed E-state index contributed by atoms with van der Waals surface area (Å²) in [6, 6.07) is 8.38. The molecule has 3 rings (SSSR count). The summed E-state index contributed by atoms with van der Waals surface area (Å²) in [4.78, 5) is 0. The van der Waals surface area contributed by atoms with Crippen LogP contribution in [0.1, 0.15) is 51.3 Å². The highest BCUT2D eigenvalue weighted by Gasteiger charge is 2.57. The smallest absolute Gasteiger partial charge is 0.212 e. The van der Waals surface area contributed by atoms with Crippen LogP contribution in [0.25, 0.3) is 11.3 Å². The lowest BCUT2D eigenvalue weighted by Gasteiger charge is -2.41. The van der Waals surface area contributed by atoms with E-state index in [1.165, 1.54) is 10.4 Å². The summed E-state index contributed by atoms with van der Waals surface area (Å²) in [6.07, 6.45) is 0.833. The van der Waals surface area contributed by atoms with Gasteiger partial charge in [-0.15, -0.1) is 0 Å². The van der Waals surface area contributed by atoms with E-state index in [4.69, 9.17) is 0 Å². The van der Waals surface area contributed by atoms with E-state index in [9.17, 15) is 12.8 Å². The minimum atomic E-state index is -3.45. The molecule has 0 saturated carbocycles. The van der Waals surface area contributed by atoms with Crippen molar-refractivity contribution in [1.82, 2.24) is 14.5 Å². The van der Waals surface area contributed by atoms with E-state index < -0.39 is 15.4 Å². The highest BCUT2D eigenvalue weighted by molar-refractivity contribution is 7.89. The number of fused-ring (bicyclic) bond motifs is 1. The number of hydrogen-bond acceptors (Lipinski definition) is 4. The van der Waals surface area contributed by atoms with Gasteiger partial charge in [-0.2, -0.15) is 10.2 Å². The average Bonchev–Trinajstić information content (AvgIpc) is 2.77. The fourth-order valence-electron chi connectivity index (χ4n) is 4.46. The van der Waals surface area contributed by atoms with Crippen molar-refractivity contribution in [3.8, 4) is 11.3 Å². The molecule has 5 nitrogen and oxygen atoms in total. The summed E-state index contributed by atoms with van der Waals surface area (Å²) >= 11 is 0. The van der Waals surface area contributed by atoms with Crippen molar-refractivity contribution in [2.24, 2.45) is 5.41 Å². The Morgan fingerprint density at radius 3 is 2.36 bits per heavy atom. The second-order valence-corrected chi connectivity index (χ2v) is 10.7. The Hall–Kier alpha value is -1.86. The lowest BCUT2D eigenvalue weighted by molar-refractivity contribution is 0.176. The molecule has 1 aromatic heterocycles. The molecule has 0 spiro atoms. The molecule has 0 saturated heterocycles. The quantitative estimate of drug-likeness (QED) is 0.755. The Balaban J connectivity index is 2.19. The van der Waals surface area contributed by atoms with Crippen LogP contribution in [0.15, 0.2) is 30.3 Å². The SMILES string of the molecule is CCC1c2cc(-c3ccccc3F)nnc2C(C)(CS(=O)(=O)N(C)C)C1(C)C. The third-order valence-corrected chi connectivity index (χ3v) is 8.66. The fraction of sp³-hybridized carbons (Fsp3) is 0.524. The second kappa shape index (κ2) is 6.88. The molecule has 1 aliphatic rings. The molecule has 2 unspecified atom stereocenters. The predicted molar refractivity (Wildman–Crippen MR) is 109 cm³/mol. The number of aromatic nitrogens is 2. The number of halogens is 1. The van der Waals surface area contributed by atoms with E-state index in [1.54, 1.807) is 32.3 Å². The van der Waals surface area contributed by atoms with Crippen molar-refractivity contribution in [2.45, 2.75) is 45.4 Å². The Morgan fingerprint density at radius 2 is 1.79 bits per heavy atom. The molecular formula is C21H28FN3O2S. The highest BCUT2D eigenvalue weighted by atomic mass is 32.2. The maximum atomic E-state index is 14.3. The fourth-order valence-corrected chi connectivity index (χ4v) is 5.95. The number of nitrogens with zero attached hydrogens (tertiary/aromatic N) is 3. The largest absolute Gasteiger partial charge is 0.214 e. The Kier molecular flexibility index (Phi) is 5.13. The molecular weight excluding hydrogens is 377 g/mol. The van der Waals surface area contributed by atoms with Gasteiger partial charge in [0.15, 0.2) is 0 Å². The molecule has 28 heavy (non-hydrogen) atoms. The Morgan fingerprint density at radius 1 is 1.14 bits per heavy atom. The topological polar surface area (TPSA) is 63.2 Å². The van der Waals surface area contributed by atoms with Gasteiger partial charge >= 0.3 is 0 Å². The second-order valence-electron chi connectivity index (χ2n) is 8.57. The molecule has 1 aromatic carbocycles. The molecule has 2 atom stereocenters. The maximum Gasteiger partial charge on any atom is 0.214 e. The third-order valence-electron chi connectivity index (χ3n) is 6.60. The predicted octanol–water partition coefficient (Wildman–Crippen LogP) is 3.97. The van der Waals surface area contributed by atoms with E-state index in [-0.39, 0.29) is 22.9 Å². The van der Waals surface area contributed by atoms with Crippen molar-refractivity contribution in [3.63, 3.8) is 0 Å². The monoisotopic (exact) mass is 405 g/mol. The molecule has 0 fully saturated rings. The molecule has 1 heterocycles. The Bertz CT molecular complexity index is 1000. The average molecular weight is 406 g/mol. The minimum absolute atomic E-state index is 0.0444. The standard InChI is InChI=1S/C21H28FN3O2S/c1-7-16-15-12-18(14-10-8-9-11-17(14)22)23-24-19(15)21(4,20(16,2)3)13-28(26,27)25(5)6/h8-12,16H,7,13H2,1-6H3.